The van der Waals surface area contributed by atoms with Crippen molar-refractivity contribution in [3.8, 4) is 0 Å². The van der Waals surface area contributed by atoms with Gasteiger partial charge in [-0.05, 0) is 38.5 Å². The van der Waals surface area contributed by atoms with Crippen molar-refractivity contribution in [2.45, 2.75) is 26.9 Å². The fourth-order valence-electron chi connectivity index (χ4n) is 2.27. The van der Waals surface area contributed by atoms with Crippen molar-refractivity contribution in [3.63, 3.8) is 0 Å². The molecule has 2 aromatic rings. The van der Waals surface area contributed by atoms with E-state index in [9.17, 15) is 14.4 Å². The third kappa shape index (κ3) is 3.18. The minimum Gasteiger partial charge on any atom is -0.465 e. The number of rotatable bonds is 5. The molecule has 0 aliphatic rings. The molecule has 7 nitrogen and oxygen atoms in total. The van der Waals surface area contributed by atoms with E-state index in [1.165, 1.54) is 26.4 Å². The molecule has 7 heteroatoms. The highest BCUT2D eigenvalue weighted by Crippen LogP contribution is 2.21. The summed E-state index contributed by atoms with van der Waals surface area (Å²) in [6.07, 6.45) is 0.305. The van der Waals surface area contributed by atoms with Crippen LogP contribution in [0.15, 0.2) is 22.8 Å². The number of aryl methyl sites for hydroxylation is 1. The van der Waals surface area contributed by atoms with Crippen molar-refractivity contribution in [3.05, 3.63) is 46.7 Å². The van der Waals surface area contributed by atoms with Crippen LogP contribution in [0.3, 0.4) is 0 Å². The Morgan fingerprint density at radius 1 is 1.22 bits per heavy atom. The number of ether oxygens (including phenoxy) is 2. The van der Waals surface area contributed by atoms with Crippen molar-refractivity contribution in [2.24, 2.45) is 0 Å². The van der Waals surface area contributed by atoms with Crippen LogP contribution >= 0.6 is 0 Å². The number of carbonyl (C=O) groups excluding carboxylic acids is 3. The van der Waals surface area contributed by atoms with Crippen LogP contribution in [0, 0.1) is 13.8 Å². The van der Waals surface area contributed by atoms with Crippen LogP contribution in [0.2, 0.25) is 0 Å². The minimum atomic E-state index is -1.03. The first kappa shape index (κ1) is 16.5. The molecule has 0 aliphatic carbocycles. The van der Waals surface area contributed by atoms with E-state index in [1.807, 2.05) is 0 Å². The molecule has 0 amide bonds. The number of carbonyl (C=O) groups is 3. The average Bonchev–Trinajstić information content (AvgIpc) is 3.14. The average molecular weight is 319 g/mol. The van der Waals surface area contributed by atoms with E-state index in [0.717, 1.165) is 0 Å². The number of hydrogen-bond acceptors (Lipinski definition) is 6. The van der Waals surface area contributed by atoms with Gasteiger partial charge in [0.25, 0.3) is 0 Å². The summed E-state index contributed by atoms with van der Waals surface area (Å²) in [5.41, 5.74) is 1.49. The summed E-state index contributed by atoms with van der Waals surface area (Å²) in [7, 11) is 1.27. The molecule has 2 aromatic heterocycles. The predicted molar refractivity (Wildman–Crippen MR) is 79.5 cm³/mol. The highest BCUT2D eigenvalue weighted by atomic mass is 16.6. The third-order valence-electron chi connectivity index (χ3n) is 3.45. The maximum Gasteiger partial charge on any atom is 0.374 e. The van der Waals surface area contributed by atoms with Crippen LogP contribution in [-0.4, -0.2) is 35.9 Å². The van der Waals surface area contributed by atoms with Gasteiger partial charge in [-0.15, -0.1) is 0 Å². The lowest BCUT2D eigenvalue weighted by atomic mass is 10.1. The number of Topliss-reactive ketones (excluding diaryl/α,β-unsaturated/α-hetero) is 1. The largest absolute Gasteiger partial charge is 0.465 e. The first-order valence-electron chi connectivity index (χ1n) is 6.93. The monoisotopic (exact) mass is 319 g/mol. The normalized spacial score (nSPS) is 11.8. The molecule has 2 heterocycles. The summed E-state index contributed by atoms with van der Waals surface area (Å²) >= 11 is 0. The van der Waals surface area contributed by atoms with Gasteiger partial charge in [-0.3, -0.25) is 4.79 Å². The number of aromatic nitrogens is 1. The molecule has 1 N–H and O–H groups in total. The smallest absolute Gasteiger partial charge is 0.374 e. The molecule has 0 aliphatic heterocycles. The van der Waals surface area contributed by atoms with Crippen LogP contribution < -0.4 is 0 Å². The van der Waals surface area contributed by atoms with Crippen molar-refractivity contribution < 1.29 is 28.3 Å². The molecule has 0 fully saturated rings. The van der Waals surface area contributed by atoms with Crippen LogP contribution in [0.4, 0.5) is 0 Å². The Morgan fingerprint density at radius 2 is 1.91 bits per heavy atom. The van der Waals surface area contributed by atoms with E-state index < -0.39 is 23.8 Å². The molecule has 0 spiro atoms. The van der Waals surface area contributed by atoms with Gasteiger partial charge in [0, 0.05) is 5.69 Å². The zero-order chi connectivity index (χ0) is 17.1. The quantitative estimate of drug-likeness (QED) is 0.671. The summed E-state index contributed by atoms with van der Waals surface area (Å²) in [5, 5.41) is 0. The summed E-state index contributed by atoms with van der Waals surface area (Å²) in [6, 6.07) is 2.99. The maximum absolute atomic E-state index is 12.5. The van der Waals surface area contributed by atoms with Gasteiger partial charge in [0.1, 0.15) is 0 Å². The second-order valence-corrected chi connectivity index (χ2v) is 5.01. The number of nitrogens with one attached hydrogen (secondary N) is 1. The molecule has 0 radical (unpaired) electrons. The molecule has 23 heavy (non-hydrogen) atoms. The minimum absolute atomic E-state index is 0.0132. The molecule has 0 saturated carbocycles. The molecule has 2 rings (SSSR count). The number of H-pyrrole nitrogens is 1. The topological polar surface area (TPSA) is 98.6 Å². The highest BCUT2D eigenvalue weighted by molar-refractivity contribution is 6.04. The first-order valence-corrected chi connectivity index (χ1v) is 6.93. The fourth-order valence-corrected chi connectivity index (χ4v) is 2.27. The van der Waals surface area contributed by atoms with E-state index in [2.05, 4.69) is 4.98 Å². The van der Waals surface area contributed by atoms with Crippen molar-refractivity contribution in [1.82, 2.24) is 4.98 Å². The van der Waals surface area contributed by atoms with Gasteiger partial charge < -0.3 is 18.9 Å². The Morgan fingerprint density at radius 3 is 2.48 bits per heavy atom. The number of ketones is 1. The Balaban J connectivity index is 2.20. The van der Waals surface area contributed by atoms with Crippen LogP contribution in [0.25, 0.3) is 0 Å². The number of hydrogen-bond donors (Lipinski definition) is 1. The maximum atomic E-state index is 12.5. The summed E-state index contributed by atoms with van der Waals surface area (Å²) in [6.45, 7) is 4.75. The number of methoxy groups -OCH3 is 1. The van der Waals surface area contributed by atoms with E-state index in [4.69, 9.17) is 13.9 Å². The molecule has 1 atom stereocenters. The van der Waals surface area contributed by atoms with Gasteiger partial charge in [-0.1, -0.05) is 0 Å². The Bertz CT molecular complexity index is 741. The first-order chi connectivity index (χ1) is 10.9. The van der Waals surface area contributed by atoms with Gasteiger partial charge >= 0.3 is 11.9 Å². The second-order valence-electron chi connectivity index (χ2n) is 5.01. The zero-order valence-electron chi connectivity index (χ0n) is 13.3. The molecular weight excluding hydrogens is 302 g/mol. The Kier molecular flexibility index (Phi) is 4.68. The lowest BCUT2D eigenvalue weighted by molar-refractivity contribution is 0.0287. The Labute approximate surface area is 132 Å². The molecule has 0 bridgehead atoms. The van der Waals surface area contributed by atoms with Gasteiger partial charge in [-0.25, -0.2) is 9.59 Å². The van der Waals surface area contributed by atoms with Crippen molar-refractivity contribution >= 4 is 17.7 Å². The molecular formula is C16H17NO6. The van der Waals surface area contributed by atoms with Crippen LogP contribution in [0.5, 0.6) is 0 Å². The molecule has 1 unspecified atom stereocenters. The Hall–Kier alpha value is -2.83. The van der Waals surface area contributed by atoms with Crippen LogP contribution in [-0.2, 0) is 9.47 Å². The zero-order valence-corrected chi connectivity index (χ0v) is 13.3. The van der Waals surface area contributed by atoms with E-state index >= 15 is 0 Å². The molecule has 0 aromatic carbocycles. The predicted octanol–water partition coefficient (Wildman–Crippen LogP) is 2.44. The van der Waals surface area contributed by atoms with Crippen molar-refractivity contribution in [2.75, 3.05) is 7.11 Å². The van der Waals surface area contributed by atoms with Crippen molar-refractivity contribution in [1.29, 1.82) is 0 Å². The second kappa shape index (κ2) is 6.51. The lowest BCUT2D eigenvalue weighted by Crippen LogP contribution is -2.25. The number of esters is 2. The molecule has 0 saturated heterocycles. The van der Waals surface area contributed by atoms with Gasteiger partial charge in [0.2, 0.25) is 11.5 Å². The SMILES string of the molecule is COC(=O)c1c(C)[nH]c(C(=O)C(C)OC(=O)c2ccco2)c1C. The number of furan rings is 1. The summed E-state index contributed by atoms with van der Waals surface area (Å²) < 4.78 is 14.7. The van der Waals surface area contributed by atoms with Gasteiger partial charge in [0.15, 0.2) is 6.10 Å². The van der Waals surface area contributed by atoms with Crippen LogP contribution in [0.1, 0.15) is 49.6 Å². The number of aromatic amines is 1. The van der Waals surface area contributed by atoms with E-state index in [-0.39, 0.29) is 11.5 Å². The standard InChI is InChI=1S/C16H17NO6/c1-8-12(16(20)21-4)9(2)17-13(8)14(18)10(3)23-15(19)11-6-5-7-22-11/h5-7,10,17H,1-4H3. The van der Waals surface area contributed by atoms with Gasteiger partial charge in [0.05, 0.1) is 24.6 Å². The summed E-state index contributed by atoms with van der Waals surface area (Å²) in [4.78, 5) is 38.9. The molecule has 122 valence electrons. The summed E-state index contributed by atoms with van der Waals surface area (Å²) in [5.74, 6) is -1.69. The third-order valence-corrected chi connectivity index (χ3v) is 3.45. The lowest BCUT2D eigenvalue weighted by Gasteiger charge is -2.11. The van der Waals surface area contributed by atoms with E-state index in [1.54, 1.807) is 19.9 Å². The fraction of sp³-hybridized carbons (Fsp3) is 0.312. The highest BCUT2D eigenvalue weighted by Gasteiger charge is 2.28. The van der Waals surface area contributed by atoms with Gasteiger partial charge in [-0.2, -0.15) is 0 Å². The van der Waals surface area contributed by atoms with E-state index in [0.29, 0.717) is 16.8 Å².